The van der Waals surface area contributed by atoms with E-state index in [1.165, 1.54) is 6.07 Å². The van der Waals surface area contributed by atoms with Gasteiger partial charge in [-0.3, -0.25) is 9.79 Å². The van der Waals surface area contributed by atoms with Crippen LogP contribution in [0.4, 0.5) is 13.2 Å². The molecule has 0 aromatic heterocycles. The maximum Gasteiger partial charge on any atom is 0.416 e. The molecule has 1 aliphatic rings. The molecule has 170 valence electrons. The highest BCUT2D eigenvalue weighted by atomic mass is 127. The van der Waals surface area contributed by atoms with Gasteiger partial charge in [0, 0.05) is 26.7 Å². The normalized spacial score (nSPS) is 17.9. The van der Waals surface area contributed by atoms with Crippen molar-refractivity contribution in [3.05, 3.63) is 35.4 Å². The van der Waals surface area contributed by atoms with E-state index in [1.54, 1.807) is 13.1 Å². The van der Waals surface area contributed by atoms with Crippen LogP contribution in [0.3, 0.4) is 0 Å². The van der Waals surface area contributed by atoms with E-state index in [1.807, 2.05) is 25.7 Å². The predicted molar refractivity (Wildman–Crippen MR) is 121 cm³/mol. The van der Waals surface area contributed by atoms with Gasteiger partial charge >= 0.3 is 6.18 Å². The Morgan fingerprint density at radius 3 is 2.60 bits per heavy atom. The van der Waals surface area contributed by atoms with E-state index in [0.29, 0.717) is 44.3 Å². The third-order valence-electron chi connectivity index (χ3n) is 4.80. The Morgan fingerprint density at radius 1 is 1.30 bits per heavy atom. The molecule has 2 rings (SSSR count). The molecule has 1 aliphatic heterocycles. The number of nitrogens with one attached hydrogen (secondary N) is 2. The minimum Gasteiger partial charge on any atom is -0.370 e. The highest BCUT2D eigenvalue weighted by Crippen LogP contribution is 2.32. The molecular formula is C20H30F3IN4O2. The number of carbonyl (C=O) groups excluding carboxylic acids is 1. The van der Waals surface area contributed by atoms with E-state index in [4.69, 9.17) is 4.74 Å². The Bertz CT molecular complexity index is 741. The number of benzene rings is 1. The molecule has 1 heterocycles. The lowest BCUT2D eigenvalue weighted by Crippen LogP contribution is -2.52. The van der Waals surface area contributed by atoms with Gasteiger partial charge < -0.3 is 20.3 Å². The molecule has 1 aromatic rings. The van der Waals surface area contributed by atoms with Crippen molar-refractivity contribution in [2.24, 2.45) is 10.4 Å². The molecule has 1 saturated heterocycles. The van der Waals surface area contributed by atoms with Crippen LogP contribution in [0.5, 0.6) is 0 Å². The van der Waals surface area contributed by atoms with Crippen LogP contribution in [0.25, 0.3) is 0 Å². The minimum absolute atomic E-state index is 0. The van der Waals surface area contributed by atoms with Gasteiger partial charge in [-0.05, 0) is 38.5 Å². The molecule has 1 atom stereocenters. The van der Waals surface area contributed by atoms with Crippen molar-refractivity contribution in [2.75, 3.05) is 39.8 Å². The third kappa shape index (κ3) is 7.00. The largest absolute Gasteiger partial charge is 0.416 e. The van der Waals surface area contributed by atoms with Gasteiger partial charge in [0.25, 0.3) is 0 Å². The zero-order valence-electron chi connectivity index (χ0n) is 17.7. The number of amides is 1. The highest BCUT2D eigenvalue weighted by molar-refractivity contribution is 14.0. The molecule has 0 saturated carbocycles. The smallest absolute Gasteiger partial charge is 0.370 e. The van der Waals surface area contributed by atoms with Crippen LogP contribution in [-0.4, -0.2) is 56.6 Å². The molecule has 1 unspecified atom stereocenters. The molecule has 1 fully saturated rings. The van der Waals surface area contributed by atoms with Crippen LogP contribution in [0.1, 0.15) is 38.0 Å². The maximum atomic E-state index is 13.0. The third-order valence-corrected chi connectivity index (χ3v) is 4.80. The van der Waals surface area contributed by atoms with Crippen molar-refractivity contribution in [2.45, 2.75) is 33.1 Å². The Kier molecular flexibility index (Phi) is 9.86. The van der Waals surface area contributed by atoms with Crippen LogP contribution in [-0.2, 0) is 15.7 Å². The van der Waals surface area contributed by atoms with E-state index < -0.39 is 23.3 Å². The number of rotatable bonds is 5. The standard InChI is InChI=1S/C20H29F3N4O2.HI/c1-5-25-17(28)19(2,3)13-26-18(24-4)27-9-10-29-16(12-27)14-7-6-8-15(11-14)20(21,22)23;/h6-8,11,16H,5,9-10,12-13H2,1-4H3,(H,24,26)(H,25,28);1H. The lowest BCUT2D eigenvalue weighted by atomic mass is 9.92. The number of halogens is 4. The fraction of sp³-hybridized carbons (Fsp3) is 0.600. The van der Waals surface area contributed by atoms with Crippen molar-refractivity contribution >= 4 is 35.8 Å². The second-order valence-electron chi connectivity index (χ2n) is 7.57. The molecule has 1 aromatic carbocycles. The fourth-order valence-corrected chi connectivity index (χ4v) is 3.07. The summed E-state index contributed by atoms with van der Waals surface area (Å²) in [5.74, 6) is 0.523. The summed E-state index contributed by atoms with van der Waals surface area (Å²) in [6.45, 7) is 7.74. The summed E-state index contributed by atoms with van der Waals surface area (Å²) in [6.07, 6.45) is -4.90. The second-order valence-corrected chi connectivity index (χ2v) is 7.57. The summed E-state index contributed by atoms with van der Waals surface area (Å²) < 4.78 is 44.8. The molecule has 0 aliphatic carbocycles. The van der Waals surface area contributed by atoms with Gasteiger partial charge in [-0.15, -0.1) is 24.0 Å². The van der Waals surface area contributed by atoms with Gasteiger partial charge in [0.2, 0.25) is 5.91 Å². The van der Waals surface area contributed by atoms with Crippen molar-refractivity contribution in [3.8, 4) is 0 Å². The van der Waals surface area contributed by atoms with Gasteiger partial charge in [-0.2, -0.15) is 13.2 Å². The first-order valence-corrected chi connectivity index (χ1v) is 9.61. The van der Waals surface area contributed by atoms with E-state index in [9.17, 15) is 18.0 Å². The minimum atomic E-state index is -4.40. The molecule has 0 radical (unpaired) electrons. The van der Waals surface area contributed by atoms with Gasteiger partial charge in [0.1, 0.15) is 6.10 Å². The Labute approximate surface area is 192 Å². The Morgan fingerprint density at radius 2 is 2.00 bits per heavy atom. The number of hydrogen-bond donors (Lipinski definition) is 2. The summed E-state index contributed by atoms with van der Waals surface area (Å²) in [4.78, 5) is 18.4. The molecule has 1 amide bonds. The van der Waals surface area contributed by atoms with Gasteiger partial charge in [0.15, 0.2) is 5.96 Å². The molecule has 10 heteroatoms. The first kappa shape index (κ1) is 26.5. The Balaban J connectivity index is 0.00000450. The van der Waals surface area contributed by atoms with Crippen molar-refractivity contribution in [1.29, 1.82) is 0 Å². The Hall–Kier alpha value is -1.56. The van der Waals surface area contributed by atoms with E-state index in [2.05, 4.69) is 15.6 Å². The van der Waals surface area contributed by atoms with Crippen LogP contribution in [0.2, 0.25) is 0 Å². The van der Waals surface area contributed by atoms with E-state index >= 15 is 0 Å². The van der Waals surface area contributed by atoms with Crippen LogP contribution < -0.4 is 10.6 Å². The van der Waals surface area contributed by atoms with Gasteiger partial charge in [-0.1, -0.05) is 12.1 Å². The highest BCUT2D eigenvalue weighted by Gasteiger charge is 2.33. The summed E-state index contributed by atoms with van der Waals surface area (Å²) in [7, 11) is 1.64. The average molecular weight is 542 g/mol. The van der Waals surface area contributed by atoms with Crippen LogP contribution >= 0.6 is 24.0 Å². The quantitative estimate of drug-likeness (QED) is 0.340. The van der Waals surface area contributed by atoms with Crippen molar-refractivity contribution < 1.29 is 22.7 Å². The summed E-state index contributed by atoms with van der Waals surface area (Å²) >= 11 is 0. The average Bonchev–Trinajstić information content (AvgIpc) is 2.68. The SMILES string of the molecule is CCNC(=O)C(C)(C)CNC(=NC)N1CCOC(c2cccc(C(F)(F)F)c2)C1.I. The van der Waals surface area contributed by atoms with Crippen LogP contribution in [0, 0.1) is 5.41 Å². The molecular weight excluding hydrogens is 512 g/mol. The summed E-state index contributed by atoms with van der Waals surface area (Å²) in [6, 6.07) is 5.21. The maximum absolute atomic E-state index is 13.0. The van der Waals surface area contributed by atoms with Crippen LogP contribution in [0.15, 0.2) is 29.3 Å². The molecule has 0 bridgehead atoms. The lowest BCUT2D eigenvalue weighted by molar-refractivity contribution is -0.137. The van der Waals surface area contributed by atoms with E-state index in [0.717, 1.165) is 12.1 Å². The zero-order chi connectivity index (χ0) is 21.7. The molecule has 2 N–H and O–H groups in total. The molecule has 30 heavy (non-hydrogen) atoms. The summed E-state index contributed by atoms with van der Waals surface area (Å²) in [5.41, 5.74) is -0.858. The number of aliphatic imine (C=N–C) groups is 1. The zero-order valence-corrected chi connectivity index (χ0v) is 20.0. The van der Waals surface area contributed by atoms with Crippen molar-refractivity contribution in [3.63, 3.8) is 0 Å². The topological polar surface area (TPSA) is 66.0 Å². The van der Waals surface area contributed by atoms with E-state index in [-0.39, 0.29) is 29.9 Å². The summed E-state index contributed by atoms with van der Waals surface area (Å²) in [5, 5.41) is 6.01. The molecule has 0 spiro atoms. The monoisotopic (exact) mass is 542 g/mol. The second kappa shape index (κ2) is 11.2. The van der Waals surface area contributed by atoms with Gasteiger partial charge in [-0.25, -0.2) is 0 Å². The number of guanidine groups is 1. The van der Waals surface area contributed by atoms with Crippen molar-refractivity contribution in [1.82, 2.24) is 15.5 Å². The number of carbonyl (C=O) groups is 1. The number of nitrogens with zero attached hydrogens (tertiary/aromatic N) is 2. The first-order chi connectivity index (χ1) is 13.6. The number of morpholine rings is 1. The lowest BCUT2D eigenvalue weighted by Gasteiger charge is -2.36. The predicted octanol–water partition coefficient (Wildman–Crippen LogP) is 3.43. The number of hydrogen-bond acceptors (Lipinski definition) is 3. The number of alkyl halides is 3. The first-order valence-electron chi connectivity index (χ1n) is 9.61. The van der Waals surface area contributed by atoms with Gasteiger partial charge in [0.05, 0.1) is 24.1 Å². The fourth-order valence-electron chi connectivity index (χ4n) is 3.07. The molecule has 6 nitrogen and oxygen atoms in total. The number of ether oxygens (including phenoxy) is 1.